The van der Waals surface area contributed by atoms with Crippen LogP contribution in [0.3, 0.4) is 0 Å². The quantitative estimate of drug-likeness (QED) is 0.701. The van der Waals surface area contributed by atoms with Crippen molar-refractivity contribution in [3.8, 4) is 11.6 Å². The van der Waals surface area contributed by atoms with Gasteiger partial charge in [0.05, 0.1) is 25.6 Å². The van der Waals surface area contributed by atoms with Crippen LogP contribution < -0.4 is 20.1 Å². The lowest BCUT2D eigenvalue weighted by Crippen LogP contribution is -2.38. The Balaban J connectivity index is 1.41. The minimum absolute atomic E-state index is 0.491. The molecule has 0 spiro atoms. The number of aryl methyl sites for hydroxylation is 1. The number of nitrogens with zero attached hydrogens (tertiary/aromatic N) is 4. The highest BCUT2D eigenvalue weighted by Crippen LogP contribution is 2.32. The number of nitrogens with one attached hydrogen (secondary N) is 2. The van der Waals surface area contributed by atoms with Crippen LogP contribution in [0.25, 0.3) is 0 Å². The molecule has 8 nitrogen and oxygen atoms in total. The zero-order valence-electron chi connectivity index (χ0n) is 17.4. The monoisotopic (exact) mass is 398 g/mol. The normalized spacial score (nSPS) is 19.6. The zero-order chi connectivity index (χ0) is 20.2. The number of likely N-dealkylation sites (tertiary alicyclic amines) is 1. The Bertz CT molecular complexity index is 842. The predicted molar refractivity (Wildman–Crippen MR) is 113 cm³/mol. The minimum atomic E-state index is 0.491. The first-order valence-corrected chi connectivity index (χ1v) is 10.4. The molecule has 3 heterocycles. The molecule has 1 aliphatic carbocycles. The van der Waals surface area contributed by atoms with Gasteiger partial charge in [0.25, 0.3) is 5.88 Å². The van der Waals surface area contributed by atoms with Crippen LogP contribution in [0.4, 0.5) is 17.5 Å². The number of hydrogen-bond acceptors (Lipinski definition) is 8. The van der Waals surface area contributed by atoms with E-state index in [2.05, 4.69) is 30.5 Å². The Kier molecular flexibility index (Phi) is 5.99. The van der Waals surface area contributed by atoms with Crippen LogP contribution in [0.1, 0.15) is 31.4 Å². The Morgan fingerprint density at radius 2 is 2.07 bits per heavy atom. The molecule has 0 aromatic carbocycles. The molecular formula is C21H30N6O2. The Hall–Kier alpha value is -2.61. The van der Waals surface area contributed by atoms with E-state index in [1.165, 1.54) is 32.2 Å². The molecule has 1 atom stereocenters. The zero-order valence-corrected chi connectivity index (χ0v) is 17.4. The van der Waals surface area contributed by atoms with E-state index in [0.29, 0.717) is 30.1 Å². The first kappa shape index (κ1) is 19.7. The van der Waals surface area contributed by atoms with Crippen LogP contribution in [0, 0.1) is 12.8 Å². The molecule has 4 rings (SSSR count). The number of rotatable bonds is 8. The van der Waals surface area contributed by atoms with Gasteiger partial charge in [-0.1, -0.05) is 6.42 Å². The molecule has 2 aromatic rings. The average molecular weight is 399 g/mol. The van der Waals surface area contributed by atoms with Gasteiger partial charge in [-0.25, -0.2) is 9.97 Å². The minimum Gasteiger partial charge on any atom is -0.488 e. The van der Waals surface area contributed by atoms with Crippen molar-refractivity contribution in [3.05, 3.63) is 24.0 Å². The maximum atomic E-state index is 6.13. The summed E-state index contributed by atoms with van der Waals surface area (Å²) in [5.74, 6) is 2.95. The number of hydrogen-bond donors (Lipinski definition) is 2. The van der Waals surface area contributed by atoms with Gasteiger partial charge < -0.3 is 20.1 Å². The molecule has 2 fully saturated rings. The second-order valence-corrected chi connectivity index (χ2v) is 7.87. The summed E-state index contributed by atoms with van der Waals surface area (Å²) in [5, 5.41) is 6.25. The number of aromatic nitrogens is 3. The maximum absolute atomic E-state index is 6.13. The van der Waals surface area contributed by atoms with Crippen LogP contribution in [-0.2, 0) is 0 Å². The SMILES string of the molecule is CNc1cc(C)nc(Nc2cnc(OC)c(OC[C@@H]3CCN(C4CCC4)C3)c2)n1. The lowest BCUT2D eigenvalue weighted by molar-refractivity contribution is 0.145. The first-order valence-electron chi connectivity index (χ1n) is 10.4. The van der Waals surface area contributed by atoms with Gasteiger partial charge in [-0.3, -0.25) is 4.90 Å². The van der Waals surface area contributed by atoms with Gasteiger partial charge in [0.2, 0.25) is 5.95 Å². The van der Waals surface area contributed by atoms with E-state index in [1.807, 2.05) is 26.1 Å². The van der Waals surface area contributed by atoms with E-state index in [4.69, 9.17) is 9.47 Å². The molecule has 1 saturated heterocycles. The van der Waals surface area contributed by atoms with Crippen LogP contribution in [-0.4, -0.2) is 59.7 Å². The van der Waals surface area contributed by atoms with Crippen molar-refractivity contribution in [1.82, 2.24) is 19.9 Å². The molecule has 1 aliphatic heterocycles. The third-order valence-electron chi connectivity index (χ3n) is 5.76. The second-order valence-electron chi connectivity index (χ2n) is 7.87. The standard InChI is InChI=1S/C21H30N6O2/c1-14-9-19(22-2)26-21(24-14)25-16-10-18(20(28-3)23-11-16)29-13-15-7-8-27(12-15)17-5-4-6-17/h9-11,15,17H,4-8,12-13H2,1-3H3,(H2,22,24,25,26)/t15-/m1/s1. The molecule has 0 unspecified atom stereocenters. The largest absolute Gasteiger partial charge is 0.488 e. The van der Waals surface area contributed by atoms with Crippen molar-refractivity contribution in [2.24, 2.45) is 5.92 Å². The number of methoxy groups -OCH3 is 1. The molecule has 2 aromatic heterocycles. The summed E-state index contributed by atoms with van der Waals surface area (Å²) in [6.07, 6.45) is 6.98. The summed E-state index contributed by atoms with van der Waals surface area (Å²) in [5.41, 5.74) is 1.64. The average Bonchev–Trinajstić information content (AvgIpc) is 3.13. The van der Waals surface area contributed by atoms with Gasteiger partial charge in [0.1, 0.15) is 5.82 Å². The van der Waals surface area contributed by atoms with E-state index < -0.39 is 0 Å². The third-order valence-corrected chi connectivity index (χ3v) is 5.76. The van der Waals surface area contributed by atoms with Crippen molar-refractivity contribution in [2.45, 2.75) is 38.6 Å². The van der Waals surface area contributed by atoms with E-state index >= 15 is 0 Å². The van der Waals surface area contributed by atoms with Gasteiger partial charge in [-0.15, -0.1) is 0 Å². The Labute approximate surface area is 172 Å². The summed E-state index contributed by atoms with van der Waals surface area (Å²) in [7, 11) is 3.45. The molecule has 156 valence electrons. The van der Waals surface area contributed by atoms with Crippen LogP contribution in [0.2, 0.25) is 0 Å². The smallest absolute Gasteiger partial charge is 0.256 e. The van der Waals surface area contributed by atoms with E-state index in [1.54, 1.807) is 13.3 Å². The maximum Gasteiger partial charge on any atom is 0.256 e. The molecule has 2 N–H and O–H groups in total. The fraction of sp³-hybridized carbons (Fsp3) is 0.571. The topological polar surface area (TPSA) is 84.4 Å². The van der Waals surface area contributed by atoms with Crippen molar-refractivity contribution in [2.75, 3.05) is 44.5 Å². The molecule has 0 bridgehead atoms. The summed E-state index contributed by atoms with van der Waals surface area (Å²) >= 11 is 0. The van der Waals surface area contributed by atoms with Crippen molar-refractivity contribution in [1.29, 1.82) is 0 Å². The van der Waals surface area contributed by atoms with E-state index in [9.17, 15) is 0 Å². The number of pyridine rings is 1. The molecule has 8 heteroatoms. The molecule has 1 saturated carbocycles. The van der Waals surface area contributed by atoms with Crippen molar-refractivity contribution >= 4 is 17.5 Å². The Morgan fingerprint density at radius 1 is 1.21 bits per heavy atom. The van der Waals surface area contributed by atoms with Crippen molar-refractivity contribution in [3.63, 3.8) is 0 Å². The second kappa shape index (κ2) is 8.82. The van der Waals surface area contributed by atoms with Gasteiger partial charge in [-0.05, 0) is 32.7 Å². The number of ether oxygens (including phenoxy) is 2. The summed E-state index contributed by atoms with van der Waals surface area (Å²) in [6.45, 7) is 4.93. The lowest BCUT2D eigenvalue weighted by Gasteiger charge is -2.34. The fourth-order valence-corrected chi connectivity index (χ4v) is 3.93. The van der Waals surface area contributed by atoms with Gasteiger partial charge in [0.15, 0.2) is 5.75 Å². The lowest BCUT2D eigenvalue weighted by atomic mass is 9.92. The summed E-state index contributed by atoms with van der Waals surface area (Å²) in [4.78, 5) is 15.9. The molecule has 29 heavy (non-hydrogen) atoms. The van der Waals surface area contributed by atoms with E-state index in [0.717, 1.165) is 29.8 Å². The number of anilines is 3. The first-order chi connectivity index (χ1) is 14.1. The summed E-state index contributed by atoms with van der Waals surface area (Å²) < 4.78 is 11.5. The van der Waals surface area contributed by atoms with Crippen LogP contribution in [0.5, 0.6) is 11.6 Å². The van der Waals surface area contributed by atoms with Crippen LogP contribution in [0.15, 0.2) is 18.3 Å². The van der Waals surface area contributed by atoms with Crippen LogP contribution >= 0.6 is 0 Å². The van der Waals surface area contributed by atoms with E-state index in [-0.39, 0.29) is 0 Å². The molecule has 2 aliphatic rings. The van der Waals surface area contributed by atoms with Gasteiger partial charge in [-0.2, -0.15) is 4.98 Å². The third kappa shape index (κ3) is 4.70. The fourth-order valence-electron chi connectivity index (χ4n) is 3.93. The predicted octanol–water partition coefficient (Wildman–Crippen LogP) is 3.23. The molecule has 0 radical (unpaired) electrons. The highest BCUT2D eigenvalue weighted by atomic mass is 16.5. The Morgan fingerprint density at radius 3 is 2.79 bits per heavy atom. The molecular weight excluding hydrogens is 368 g/mol. The molecule has 0 amide bonds. The summed E-state index contributed by atoms with van der Waals surface area (Å²) in [6, 6.07) is 4.59. The van der Waals surface area contributed by atoms with Gasteiger partial charge in [0, 0.05) is 43.4 Å². The highest BCUT2D eigenvalue weighted by Gasteiger charge is 2.31. The van der Waals surface area contributed by atoms with Gasteiger partial charge >= 0.3 is 0 Å². The van der Waals surface area contributed by atoms with Crippen molar-refractivity contribution < 1.29 is 9.47 Å². The highest BCUT2D eigenvalue weighted by molar-refractivity contribution is 5.58.